The highest BCUT2D eigenvalue weighted by atomic mass is 127. The number of amides is 1. The number of carbonyl (C=O) groups is 1. The number of benzene rings is 1. The molecule has 0 heterocycles. The Morgan fingerprint density at radius 1 is 1.17 bits per heavy atom. The molecule has 0 bridgehead atoms. The summed E-state index contributed by atoms with van der Waals surface area (Å²) in [6.45, 7) is 2.68. The molecule has 1 aromatic carbocycles. The maximum atomic E-state index is 13.6. The van der Waals surface area contributed by atoms with Crippen LogP contribution in [-0.4, -0.2) is 45.7 Å². The average Bonchev–Trinajstić information content (AvgIpc) is 2.65. The van der Waals surface area contributed by atoms with Crippen LogP contribution in [0.5, 0.6) is 0 Å². The van der Waals surface area contributed by atoms with Gasteiger partial charge in [-0.2, -0.15) is 0 Å². The van der Waals surface area contributed by atoms with Gasteiger partial charge in [-0.05, 0) is 43.0 Å². The first-order valence-corrected chi connectivity index (χ1v) is 12.1. The van der Waals surface area contributed by atoms with Gasteiger partial charge in [0.2, 0.25) is 5.91 Å². The number of nitrogens with zero attached hydrogens (tertiary/aromatic N) is 1. The molecule has 3 N–H and O–H groups in total. The molecule has 1 aliphatic carbocycles. The monoisotopic (exact) mass is 554 g/mol. The minimum absolute atomic E-state index is 0. The van der Waals surface area contributed by atoms with E-state index in [9.17, 15) is 17.6 Å². The molecular weight excluding hydrogens is 522 g/mol. The summed E-state index contributed by atoms with van der Waals surface area (Å²) in [5.41, 5.74) is 1.02. The lowest BCUT2D eigenvalue weighted by Gasteiger charge is -2.23. The van der Waals surface area contributed by atoms with E-state index < -0.39 is 15.7 Å². The van der Waals surface area contributed by atoms with E-state index in [4.69, 9.17) is 0 Å². The van der Waals surface area contributed by atoms with E-state index >= 15 is 0 Å². The van der Waals surface area contributed by atoms with Gasteiger partial charge in [-0.15, -0.1) is 24.0 Å². The van der Waals surface area contributed by atoms with Gasteiger partial charge in [-0.25, -0.2) is 17.8 Å². The Bertz CT molecular complexity index is 827. The maximum absolute atomic E-state index is 13.6. The summed E-state index contributed by atoms with van der Waals surface area (Å²) < 4.78 is 36.9. The fourth-order valence-electron chi connectivity index (χ4n) is 3.36. The van der Waals surface area contributed by atoms with Crippen molar-refractivity contribution in [3.63, 3.8) is 0 Å². The average molecular weight is 554 g/mol. The van der Waals surface area contributed by atoms with Crippen molar-refractivity contribution in [3.8, 4) is 0 Å². The molecule has 170 valence electrons. The van der Waals surface area contributed by atoms with Gasteiger partial charge in [0, 0.05) is 18.8 Å². The van der Waals surface area contributed by atoms with Gasteiger partial charge in [-0.1, -0.05) is 25.3 Å². The van der Waals surface area contributed by atoms with Crippen molar-refractivity contribution in [1.82, 2.24) is 16.0 Å². The van der Waals surface area contributed by atoms with Crippen LogP contribution >= 0.6 is 24.0 Å². The number of nitrogens with one attached hydrogen (secondary N) is 3. The molecule has 0 radical (unpaired) electrons. The highest BCUT2D eigenvalue weighted by molar-refractivity contribution is 14.0. The summed E-state index contributed by atoms with van der Waals surface area (Å²) in [5.74, 6) is -0.296. The third-order valence-corrected chi connectivity index (χ3v) is 5.56. The molecule has 0 atom stereocenters. The molecule has 0 aromatic heterocycles. The Kier molecular flexibility index (Phi) is 11.6. The molecule has 30 heavy (non-hydrogen) atoms. The van der Waals surface area contributed by atoms with E-state index in [0.29, 0.717) is 23.6 Å². The topological polar surface area (TPSA) is 99.7 Å². The molecule has 1 amide bonds. The minimum atomic E-state index is -3.25. The summed E-state index contributed by atoms with van der Waals surface area (Å²) in [6.07, 6.45) is 6.69. The summed E-state index contributed by atoms with van der Waals surface area (Å²) in [7, 11) is -3.25. The number of aliphatic imine (C=N–C) groups is 1. The summed E-state index contributed by atoms with van der Waals surface area (Å²) in [6, 6.07) is 4.25. The van der Waals surface area contributed by atoms with E-state index in [1.807, 2.05) is 6.92 Å². The number of hydrogen-bond acceptors (Lipinski definition) is 4. The quantitative estimate of drug-likeness (QED) is 0.261. The minimum Gasteiger partial charge on any atom is -0.357 e. The van der Waals surface area contributed by atoms with E-state index in [-0.39, 0.29) is 54.8 Å². The molecule has 1 aromatic rings. The van der Waals surface area contributed by atoms with Crippen molar-refractivity contribution in [2.75, 3.05) is 19.3 Å². The van der Waals surface area contributed by atoms with Crippen LogP contribution in [0.3, 0.4) is 0 Å². The predicted molar refractivity (Wildman–Crippen MR) is 128 cm³/mol. The lowest BCUT2D eigenvalue weighted by Crippen LogP contribution is -2.46. The first-order chi connectivity index (χ1) is 13.8. The second-order valence-corrected chi connectivity index (χ2v) is 9.57. The normalized spacial score (nSPS) is 15.2. The molecule has 0 aliphatic heterocycles. The predicted octanol–water partition coefficient (Wildman–Crippen LogP) is 2.49. The Morgan fingerprint density at radius 3 is 2.50 bits per heavy atom. The Balaban J connectivity index is 0.00000450. The molecule has 7 nitrogen and oxygen atoms in total. The van der Waals surface area contributed by atoms with E-state index in [1.54, 1.807) is 0 Å². The Labute approximate surface area is 195 Å². The summed E-state index contributed by atoms with van der Waals surface area (Å²) in [4.78, 5) is 16.6. The van der Waals surface area contributed by atoms with Crippen molar-refractivity contribution in [2.45, 2.75) is 57.4 Å². The fraction of sp³-hybridized carbons (Fsp3) is 0.600. The number of hydrogen-bond donors (Lipinski definition) is 3. The molecular formula is C20H32FIN4O3S. The van der Waals surface area contributed by atoms with Crippen LogP contribution in [0.15, 0.2) is 23.2 Å². The number of rotatable bonds is 8. The molecule has 2 rings (SSSR count). The van der Waals surface area contributed by atoms with Crippen LogP contribution in [0.1, 0.15) is 50.2 Å². The second-order valence-electron chi connectivity index (χ2n) is 7.43. The summed E-state index contributed by atoms with van der Waals surface area (Å²) in [5, 5.41) is 9.05. The highest BCUT2D eigenvalue weighted by Crippen LogP contribution is 2.17. The first kappa shape index (κ1) is 26.6. The van der Waals surface area contributed by atoms with Gasteiger partial charge >= 0.3 is 0 Å². The third-order valence-electron chi connectivity index (χ3n) is 4.72. The first-order valence-electron chi connectivity index (χ1n) is 10.0. The third kappa shape index (κ3) is 10.1. The lowest BCUT2D eigenvalue weighted by atomic mass is 9.95. The SMILES string of the molecule is CCNC(=NCc1cc(F)ccc1CS(C)(=O)=O)NCC(=O)NC1CCCCC1.I. The molecule has 0 saturated heterocycles. The molecule has 1 aliphatic rings. The highest BCUT2D eigenvalue weighted by Gasteiger charge is 2.16. The summed E-state index contributed by atoms with van der Waals surface area (Å²) >= 11 is 0. The molecule has 1 fully saturated rings. The molecule has 10 heteroatoms. The van der Waals surface area contributed by atoms with Crippen LogP contribution in [-0.2, 0) is 26.9 Å². The van der Waals surface area contributed by atoms with Gasteiger partial charge in [-0.3, -0.25) is 4.79 Å². The Hall–Kier alpha value is -1.43. The molecule has 0 spiro atoms. The zero-order valence-corrected chi connectivity index (χ0v) is 20.7. The largest absolute Gasteiger partial charge is 0.357 e. The van der Waals surface area contributed by atoms with Gasteiger partial charge in [0.15, 0.2) is 15.8 Å². The number of sulfone groups is 1. The standard InChI is InChI=1S/C20H31FN4O3S.HI/c1-3-22-20(24-13-19(26)25-18-7-5-4-6-8-18)23-12-16-11-17(21)10-9-15(16)14-29(2,27)28;/h9-11,18H,3-8,12-14H2,1-2H3,(H,25,26)(H2,22,23,24);1H. The smallest absolute Gasteiger partial charge is 0.239 e. The van der Waals surface area contributed by atoms with E-state index in [1.165, 1.54) is 24.6 Å². The zero-order chi connectivity index (χ0) is 21.3. The second kappa shape index (κ2) is 13.1. The van der Waals surface area contributed by atoms with Gasteiger partial charge in [0.25, 0.3) is 0 Å². The van der Waals surface area contributed by atoms with Crippen molar-refractivity contribution in [3.05, 3.63) is 35.1 Å². The van der Waals surface area contributed by atoms with Crippen LogP contribution in [0.4, 0.5) is 4.39 Å². The van der Waals surface area contributed by atoms with Crippen LogP contribution in [0.25, 0.3) is 0 Å². The van der Waals surface area contributed by atoms with Gasteiger partial charge in [0.1, 0.15) is 5.82 Å². The number of carbonyl (C=O) groups excluding carboxylic acids is 1. The van der Waals surface area contributed by atoms with E-state index in [0.717, 1.165) is 31.9 Å². The van der Waals surface area contributed by atoms with Crippen molar-refractivity contribution < 1.29 is 17.6 Å². The number of halogens is 2. The van der Waals surface area contributed by atoms with Crippen molar-refractivity contribution in [2.24, 2.45) is 4.99 Å². The lowest BCUT2D eigenvalue weighted by molar-refractivity contribution is -0.120. The number of guanidine groups is 1. The molecule has 0 unspecified atom stereocenters. The van der Waals surface area contributed by atoms with Crippen LogP contribution in [0.2, 0.25) is 0 Å². The van der Waals surface area contributed by atoms with E-state index in [2.05, 4.69) is 20.9 Å². The maximum Gasteiger partial charge on any atom is 0.239 e. The van der Waals surface area contributed by atoms with Crippen LogP contribution < -0.4 is 16.0 Å². The zero-order valence-electron chi connectivity index (χ0n) is 17.5. The van der Waals surface area contributed by atoms with Gasteiger partial charge in [0.05, 0.1) is 18.8 Å². The van der Waals surface area contributed by atoms with Gasteiger partial charge < -0.3 is 16.0 Å². The van der Waals surface area contributed by atoms with Crippen molar-refractivity contribution >= 4 is 45.7 Å². The van der Waals surface area contributed by atoms with Crippen LogP contribution in [0, 0.1) is 5.82 Å². The Morgan fingerprint density at radius 2 is 1.87 bits per heavy atom. The molecule has 1 saturated carbocycles. The van der Waals surface area contributed by atoms with Crippen molar-refractivity contribution in [1.29, 1.82) is 0 Å². The fourth-order valence-corrected chi connectivity index (χ4v) is 4.21.